The molecule has 3 unspecified atom stereocenters. The Hall–Kier alpha value is -2.19. The first-order valence-corrected chi connectivity index (χ1v) is 16.6. The van der Waals surface area contributed by atoms with E-state index in [2.05, 4.69) is 47.7 Å². The van der Waals surface area contributed by atoms with Crippen LogP contribution < -0.4 is 5.32 Å². The number of likely N-dealkylation sites (tertiary alicyclic amines) is 1. The van der Waals surface area contributed by atoms with Crippen molar-refractivity contribution in [3.63, 3.8) is 0 Å². The van der Waals surface area contributed by atoms with Crippen molar-refractivity contribution in [2.45, 2.75) is 123 Å². The van der Waals surface area contributed by atoms with Gasteiger partial charge < -0.3 is 19.7 Å². The van der Waals surface area contributed by atoms with Crippen LogP contribution in [0.2, 0.25) is 0 Å². The Morgan fingerprint density at radius 2 is 1.90 bits per heavy atom. The number of aryl methyl sites for hydroxylation is 2. The van der Waals surface area contributed by atoms with Gasteiger partial charge in [-0.3, -0.25) is 9.59 Å². The van der Waals surface area contributed by atoms with E-state index in [-0.39, 0.29) is 23.8 Å². The number of hydrogen-bond donors (Lipinski definition) is 1. The minimum absolute atomic E-state index is 0.100. The Balaban J connectivity index is 1.24. The summed E-state index contributed by atoms with van der Waals surface area (Å²) in [4.78, 5) is 37.3. The van der Waals surface area contributed by atoms with Gasteiger partial charge in [0.1, 0.15) is 5.82 Å². The Labute approximate surface area is 244 Å². The summed E-state index contributed by atoms with van der Waals surface area (Å²) in [5.74, 6) is 1.68. The Kier molecular flexibility index (Phi) is 9.67. The molecule has 0 spiro atoms. The largest absolute Gasteiger partial charge is 0.348 e. The highest BCUT2D eigenvalue weighted by Gasteiger charge is 2.32. The summed E-state index contributed by atoms with van der Waals surface area (Å²) in [6, 6.07) is 5.49. The number of carbonyl (C=O) groups is 2. The summed E-state index contributed by atoms with van der Waals surface area (Å²) >= 11 is 1.83. The van der Waals surface area contributed by atoms with Gasteiger partial charge in [-0.25, -0.2) is 4.98 Å². The first kappa shape index (κ1) is 29.3. The van der Waals surface area contributed by atoms with Crippen molar-refractivity contribution in [3.05, 3.63) is 39.1 Å². The van der Waals surface area contributed by atoms with E-state index in [4.69, 9.17) is 4.98 Å². The standard InChI is InChI=1S/C32H49N5O2S/c1-5-26(37-23(3)33-29-21-36(24(4)38)19-16-30(29)37)20-27-12-9-17-35(27)18-15-28(31-14-13-22(2)40-31)34-32(39)25-10-7-6-8-11-25/h13-14,25-28H,5-12,15-21H2,1-4H3,(H,34,39). The summed E-state index contributed by atoms with van der Waals surface area (Å²) in [6.07, 6.45) is 12.3. The Bertz CT molecular complexity index is 1170. The van der Waals surface area contributed by atoms with Gasteiger partial charge in [0.15, 0.2) is 0 Å². The summed E-state index contributed by atoms with van der Waals surface area (Å²) in [7, 11) is 0. The van der Waals surface area contributed by atoms with E-state index in [0.29, 0.717) is 18.6 Å². The maximum atomic E-state index is 13.2. The molecule has 2 fully saturated rings. The molecule has 1 saturated heterocycles. The normalized spacial score (nSPS) is 21.8. The van der Waals surface area contributed by atoms with Gasteiger partial charge in [-0.05, 0) is 77.5 Å². The lowest BCUT2D eigenvalue weighted by atomic mass is 9.88. The van der Waals surface area contributed by atoms with E-state index >= 15 is 0 Å². The van der Waals surface area contributed by atoms with Crippen LogP contribution in [0.15, 0.2) is 12.1 Å². The predicted molar refractivity (Wildman–Crippen MR) is 161 cm³/mol. The molecule has 8 heteroatoms. The van der Waals surface area contributed by atoms with E-state index in [9.17, 15) is 9.59 Å². The molecule has 1 aliphatic carbocycles. The van der Waals surface area contributed by atoms with Gasteiger partial charge in [0.2, 0.25) is 11.8 Å². The van der Waals surface area contributed by atoms with E-state index < -0.39 is 0 Å². The molecule has 1 N–H and O–H groups in total. The molecule has 220 valence electrons. The SMILES string of the molecule is CCC(CC1CCCN1CCC(NC(=O)C1CCCCC1)c1ccc(C)s1)n1c(C)nc2c1CCN(C(C)=O)C2. The van der Waals surface area contributed by atoms with Gasteiger partial charge >= 0.3 is 0 Å². The number of rotatable bonds is 10. The molecule has 0 aromatic carbocycles. The zero-order chi connectivity index (χ0) is 28.2. The molecule has 40 heavy (non-hydrogen) atoms. The van der Waals surface area contributed by atoms with E-state index in [0.717, 1.165) is 69.7 Å². The van der Waals surface area contributed by atoms with E-state index in [1.807, 2.05) is 16.2 Å². The lowest BCUT2D eigenvalue weighted by molar-refractivity contribution is -0.130. The number of aromatic nitrogens is 2. The number of nitrogens with one attached hydrogen (secondary N) is 1. The van der Waals surface area contributed by atoms with Crippen LogP contribution in [0.4, 0.5) is 0 Å². The van der Waals surface area contributed by atoms with Crippen LogP contribution in [0.5, 0.6) is 0 Å². The van der Waals surface area contributed by atoms with Gasteiger partial charge in [0, 0.05) is 59.9 Å². The Morgan fingerprint density at radius 3 is 2.60 bits per heavy atom. The fraction of sp³-hybridized carbons (Fsp3) is 0.719. The first-order valence-electron chi connectivity index (χ1n) is 15.8. The van der Waals surface area contributed by atoms with Gasteiger partial charge in [-0.15, -0.1) is 11.3 Å². The van der Waals surface area contributed by atoms with Gasteiger partial charge in [-0.2, -0.15) is 0 Å². The third-order valence-corrected chi connectivity index (χ3v) is 10.8. The van der Waals surface area contributed by atoms with Crippen LogP contribution in [0.25, 0.3) is 0 Å². The van der Waals surface area contributed by atoms with Crippen LogP contribution in [0.3, 0.4) is 0 Å². The molecule has 2 aromatic rings. The molecular formula is C32H49N5O2S. The molecule has 3 aliphatic rings. The summed E-state index contributed by atoms with van der Waals surface area (Å²) in [5.41, 5.74) is 2.42. The monoisotopic (exact) mass is 567 g/mol. The highest BCUT2D eigenvalue weighted by Crippen LogP contribution is 2.34. The lowest BCUT2D eigenvalue weighted by Gasteiger charge is -2.32. The van der Waals surface area contributed by atoms with Crippen molar-refractivity contribution in [3.8, 4) is 0 Å². The van der Waals surface area contributed by atoms with Gasteiger partial charge in [-0.1, -0.05) is 26.2 Å². The van der Waals surface area contributed by atoms with Crippen LogP contribution in [-0.4, -0.2) is 56.8 Å². The molecule has 2 aromatic heterocycles. The number of nitrogens with zero attached hydrogens (tertiary/aromatic N) is 4. The fourth-order valence-corrected chi connectivity index (χ4v) is 8.36. The topological polar surface area (TPSA) is 70.5 Å². The number of hydrogen-bond acceptors (Lipinski definition) is 5. The van der Waals surface area contributed by atoms with Crippen molar-refractivity contribution in [1.82, 2.24) is 24.7 Å². The average Bonchev–Trinajstić information content (AvgIpc) is 3.67. The van der Waals surface area contributed by atoms with Crippen molar-refractivity contribution in [1.29, 1.82) is 0 Å². The maximum Gasteiger partial charge on any atom is 0.223 e. The van der Waals surface area contributed by atoms with E-state index in [1.54, 1.807) is 6.92 Å². The fourth-order valence-electron chi connectivity index (χ4n) is 7.39. The predicted octanol–water partition coefficient (Wildman–Crippen LogP) is 6.10. The van der Waals surface area contributed by atoms with Crippen molar-refractivity contribution in [2.24, 2.45) is 5.92 Å². The second kappa shape index (κ2) is 13.2. The molecule has 0 bridgehead atoms. The average molecular weight is 568 g/mol. The molecular weight excluding hydrogens is 518 g/mol. The van der Waals surface area contributed by atoms with Gasteiger partial charge in [0.05, 0.1) is 18.3 Å². The van der Waals surface area contributed by atoms with Crippen molar-refractivity contribution < 1.29 is 9.59 Å². The quantitative estimate of drug-likeness (QED) is 0.377. The molecule has 2 aliphatic heterocycles. The highest BCUT2D eigenvalue weighted by atomic mass is 32.1. The minimum Gasteiger partial charge on any atom is -0.348 e. The molecule has 4 heterocycles. The Morgan fingerprint density at radius 1 is 1.10 bits per heavy atom. The number of thiophene rings is 1. The molecule has 5 rings (SSSR count). The van der Waals surface area contributed by atoms with Crippen LogP contribution in [-0.2, 0) is 22.6 Å². The lowest BCUT2D eigenvalue weighted by Crippen LogP contribution is -2.38. The second-order valence-corrected chi connectivity index (χ2v) is 13.7. The third kappa shape index (κ3) is 6.64. The van der Waals surface area contributed by atoms with Crippen molar-refractivity contribution >= 4 is 23.2 Å². The molecule has 3 atom stereocenters. The van der Waals surface area contributed by atoms with Crippen LogP contribution >= 0.6 is 11.3 Å². The third-order valence-electron chi connectivity index (χ3n) is 9.66. The molecule has 2 amide bonds. The number of imidazole rings is 1. The van der Waals surface area contributed by atoms with Crippen LogP contribution in [0, 0.1) is 19.8 Å². The summed E-state index contributed by atoms with van der Waals surface area (Å²) < 4.78 is 2.50. The summed E-state index contributed by atoms with van der Waals surface area (Å²) in [5, 5.41) is 3.49. The second-order valence-electron chi connectivity index (χ2n) is 12.4. The molecule has 1 saturated carbocycles. The van der Waals surface area contributed by atoms with Gasteiger partial charge in [0.25, 0.3) is 0 Å². The first-order chi connectivity index (χ1) is 19.3. The summed E-state index contributed by atoms with van der Waals surface area (Å²) in [6.45, 7) is 11.8. The van der Waals surface area contributed by atoms with Crippen LogP contribution in [0.1, 0.15) is 117 Å². The van der Waals surface area contributed by atoms with E-state index in [1.165, 1.54) is 47.6 Å². The highest BCUT2D eigenvalue weighted by molar-refractivity contribution is 7.12. The molecule has 0 radical (unpaired) electrons. The molecule has 7 nitrogen and oxygen atoms in total. The number of amides is 2. The maximum absolute atomic E-state index is 13.2. The minimum atomic E-state index is 0.100. The zero-order valence-electron chi connectivity index (χ0n) is 25.1. The smallest absolute Gasteiger partial charge is 0.223 e. The number of carbonyl (C=O) groups excluding carboxylic acids is 2. The zero-order valence-corrected chi connectivity index (χ0v) is 25.9. The number of fused-ring (bicyclic) bond motifs is 1. The van der Waals surface area contributed by atoms with Crippen molar-refractivity contribution in [2.75, 3.05) is 19.6 Å².